The van der Waals surface area contributed by atoms with Crippen molar-refractivity contribution in [2.75, 3.05) is 4.90 Å². The normalized spacial score (nSPS) is 14.1. The Kier molecular flexibility index (Phi) is 7.58. The lowest BCUT2D eigenvalue weighted by atomic mass is 9.82. The first-order valence-electron chi connectivity index (χ1n) is 19.4. The Hall–Kier alpha value is -6.44. The van der Waals surface area contributed by atoms with Gasteiger partial charge in [-0.3, -0.25) is 0 Å². The molecule has 0 aromatic heterocycles. The fourth-order valence-corrected chi connectivity index (χ4v) is 9.40. The maximum atomic E-state index is 2.56. The second-order valence-electron chi connectivity index (χ2n) is 16.1. The standard InChI is InChI=1S/C54H43N/c1-53(2)47-23-14-12-21-45(47)52-48(53)24-15-25-50(52)55(41-31-33-44-43-20-11-13-22-46(43)54(3,4)49(44)35-41)51-34-40(37-18-9-6-10-19-37)30-32-42(51)39-28-26-38(27-29-39)36-16-7-5-8-17-36/h5-35H,1-4H3. The predicted octanol–water partition coefficient (Wildman–Crippen LogP) is 14.8. The lowest BCUT2D eigenvalue weighted by Gasteiger charge is -2.32. The zero-order valence-corrected chi connectivity index (χ0v) is 31.8. The number of benzene rings is 8. The zero-order chi connectivity index (χ0) is 37.3. The molecule has 0 aliphatic heterocycles. The fourth-order valence-electron chi connectivity index (χ4n) is 9.40. The van der Waals surface area contributed by atoms with Crippen LogP contribution in [-0.2, 0) is 10.8 Å². The van der Waals surface area contributed by atoms with Crippen molar-refractivity contribution in [2.24, 2.45) is 0 Å². The third-order valence-corrected chi connectivity index (χ3v) is 12.3. The third kappa shape index (κ3) is 5.22. The summed E-state index contributed by atoms with van der Waals surface area (Å²) in [5, 5.41) is 0. The summed E-state index contributed by atoms with van der Waals surface area (Å²) in [6.45, 7) is 9.49. The average Bonchev–Trinajstić information content (AvgIpc) is 3.61. The number of hydrogen-bond acceptors (Lipinski definition) is 1. The molecule has 0 saturated heterocycles. The van der Waals surface area contributed by atoms with Gasteiger partial charge in [0.05, 0.1) is 11.4 Å². The monoisotopic (exact) mass is 705 g/mol. The predicted molar refractivity (Wildman–Crippen MR) is 233 cm³/mol. The Labute approximate surface area is 325 Å². The molecule has 10 rings (SSSR count). The van der Waals surface area contributed by atoms with Gasteiger partial charge in [-0.15, -0.1) is 0 Å². The van der Waals surface area contributed by atoms with Gasteiger partial charge in [0, 0.05) is 27.6 Å². The van der Waals surface area contributed by atoms with E-state index in [0.29, 0.717) is 0 Å². The van der Waals surface area contributed by atoms with E-state index < -0.39 is 0 Å². The molecule has 0 unspecified atom stereocenters. The van der Waals surface area contributed by atoms with Gasteiger partial charge in [0.15, 0.2) is 0 Å². The molecule has 8 aromatic carbocycles. The Balaban J connectivity index is 1.26. The number of nitrogens with zero attached hydrogens (tertiary/aromatic N) is 1. The molecule has 0 N–H and O–H groups in total. The smallest absolute Gasteiger partial charge is 0.0546 e. The quantitative estimate of drug-likeness (QED) is 0.166. The molecule has 0 amide bonds. The van der Waals surface area contributed by atoms with Crippen molar-refractivity contribution in [3.8, 4) is 55.6 Å². The topological polar surface area (TPSA) is 3.24 Å². The molecule has 0 bridgehead atoms. The van der Waals surface area contributed by atoms with Crippen molar-refractivity contribution in [2.45, 2.75) is 38.5 Å². The molecule has 0 radical (unpaired) electrons. The molecule has 8 aromatic rings. The Morgan fingerprint density at radius 2 is 0.800 bits per heavy atom. The van der Waals surface area contributed by atoms with Gasteiger partial charge in [-0.25, -0.2) is 0 Å². The molecule has 1 nitrogen and oxygen atoms in total. The molecule has 2 aliphatic rings. The van der Waals surface area contributed by atoms with E-state index in [1.54, 1.807) is 0 Å². The van der Waals surface area contributed by atoms with Gasteiger partial charge in [0.2, 0.25) is 0 Å². The van der Waals surface area contributed by atoms with Crippen molar-refractivity contribution in [1.82, 2.24) is 0 Å². The first-order valence-corrected chi connectivity index (χ1v) is 19.4. The SMILES string of the molecule is CC1(C)c2ccccc2-c2ccc(N(c3cc(-c4ccccc4)ccc3-c3ccc(-c4ccccc4)cc3)c3cccc4c3-c3ccccc3C4(C)C)cc21. The summed E-state index contributed by atoms with van der Waals surface area (Å²) in [6, 6.07) is 69.6. The average molecular weight is 706 g/mol. The second kappa shape index (κ2) is 12.6. The van der Waals surface area contributed by atoms with Crippen LogP contribution in [0.5, 0.6) is 0 Å². The Bertz CT molecular complexity index is 2740. The second-order valence-corrected chi connectivity index (χ2v) is 16.1. The minimum absolute atomic E-state index is 0.128. The van der Waals surface area contributed by atoms with Crippen molar-refractivity contribution < 1.29 is 0 Å². The van der Waals surface area contributed by atoms with E-state index >= 15 is 0 Å². The molecule has 0 saturated carbocycles. The van der Waals surface area contributed by atoms with Crippen LogP contribution in [0, 0.1) is 0 Å². The number of rotatable bonds is 6. The van der Waals surface area contributed by atoms with Crippen LogP contribution in [-0.4, -0.2) is 0 Å². The molecule has 2 aliphatic carbocycles. The van der Waals surface area contributed by atoms with E-state index in [1.807, 2.05) is 0 Å². The van der Waals surface area contributed by atoms with Crippen LogP contribution in [0.25, 0.3) is 55.6 Å². The molecular weight excluding hydrogens is 663 g/mol. The molecular formula is C54H43N. The highest BCUT2D eigenvalue weighted by molar-refractivity contribution is 5.99. The van der Waals surface area contributed by atoms with Gasteiger partial charge in [-0.05, 0) is 91.0 Å². The van der Waals surface area contributed by atoms with Gasteiger partial charge in [-0.2, -0.15) is 0 Å². The summed E-state index contributed by atoms with van der Waals surface area (Å²) in [6.07, 6.45) is 0. The Morgan fingerprint density at radius 1 is 0.309 bits per heavy atom. The van der Waals surface area contributed by atoms with Crippen LogP contribution >= 0.6 is 0 Å². The first-order chi connectivity index (χ1) is 26.8. The highest BCUT2D eigenvalue weighted by atomic mass is 15.1. The fraction of sp³-hybridized carbons (Fsp3) is 0.111. The summed E-state index contributed by atoms with van der Waals surface area (Å²) in [5.41, 5.74) is 21.2. The van der Waals surface area contributed by atoms with Crippen LogP contribution in [0.1, 0.15) is 49.9 Å². The molecule has 264 valence electrons. The molecule has 0 fully saturated rings. The van der Waals surface area contributed by atoms with Gasteiger partial charge in [0.25, 0.3) is 0 Å². The lowest BCUT2D eigenvalue weighted by Crippen LogP contribution is -2.18. The molecule has 0 atom stereocenters. The van der Waals surface area contributed by atoms with E-state index in [9.17, 15) is 0 Å². The van der Waals surface area contributed by atoms with Gasteiger partial charge in [-0.1, -0.05) is 191 Å². The number of fused-ring (bicyclic) bond motifs is 6. The van der Waals surface area contributed by atoms with Crippen LogP contribution in [0.3, 0.4) is 0 Å². The third-order valence-electron chi connectivity index (χ3n) is 12.3. The molecule has 0 heterocycles. The van der Waals surface area contributed by atoms with Crippen molar-refractivity contribution in [3.05, 3.63) is 210 Å². The minimum atomic E-state index is -0.136. The van der Waals surface area contributed by atoms with Crippen molar-refractivity contribution in [1.29, 1.82) is 0 Å². The summed E-state index contributed by atoms with van der Waals surface area (Å²) < 4.78 is 0. The highest BCUT2D eigenvalue weighted by Crippen LogP contribution is 2.56. The Morgan fingerprint density at radius 3 is 1.51 bits per heavy atom. The van der Waals surface area contributed by atoms with E-state index in [1.165, 1.54) is 83.6 Å². The van der Waals surface area contributed by atoms with Gasteiger partial charge < -0.3 is 4.90 Å². The summed E-state index contributed by atoms with van der Waals surface area (Å²) in [5.74, 6) is 0. The van der Waals surface area contributed by atoms with Gasteiger partial charge in [0.1, 0.15) is 0 Å². The molecule has 1 heteroatoms. The molecule has 0 spiro atoms. The first kappa shape index (κ1) is 33.2. The summed E-state index contributed by atoms with van der Waals surface area (Å²) in [4.78, 5) is 2.56. The van der Waals surface area contributed by atoms with Crippen LogP contribution in [0.15, 0.2) is 188 Å². The van der Waals surface area contributed by atoms with Crippen LogP contribution in [0.2, 0.25) is 0 Å². The minimum Gasteiger partial charge on any atom is -0.309 e. The van der Waals surface area contributed by atoms with E-state index in [2.05, 4.69) is 221 Å². The van der Waals surface area contributed by atoms with Gasteiger partial charge >= 0.3 is 0 Å². The molecule has 55 heavy (non-hydrogen) atoms. The highest BCUT2D eigenvalue weighted by Gasteiger charge is 2.39. The maximum absolute atomic E-state index is 2.56. The number of anilines is 3. The lowest BCUT2D eigenvalue weighted by molar-refractivity contribution is 0.660. The zero-order valence-electron chi connectivity index (χ0n) is 31.8. The van der Waals surface area contributed by atoms with E-state index in [-0.39, 0.29) is 10.8 Å². The van der Waals surface area contributed by atoms with Crippen LogP contribution in [0.4, 0.5) is 17.1 Å². The van der Waals surface area contributed by atoms with E-state index in [4.69, 9.17) is 0 Å². The number of hydrogen-bond donors (Lipinski definition) is 0. The van der Waals surface area contributed by atoms with Crippen molar-refractivity contribution >= 4 is 17.1 Å². The van der Waals surface area contributed by atoms with Crippen LogP contribution < -0.4 is 4.90 Å². The largest absolute Gasteiger partial charge is 0.309 e. The summed E-state index contributed by atoms with van der Waals surface area (Å²) >= 11 is 0. The maximum Gasteiger partial charge on any atom is 0.0546 e. The van der Waals surface area contributed by atoms with E-state index in [0.717, 1.165) is 11.4 Å². The summed E-state index contributed by atoms with van der Waals surface area (Å²) in [7, 11) is 0. The van der Waals surface area contributed by atoms with Crippen molar-refractivity contribution in [3.63, 3.8) is 0 Å².